The number of likely N-dealkylation sites (tertiary alicyclic amines) is 1. The molecule has 134 valence electrons. The summed E-state index contributed by atoms with van der Waals surface area (Å²) in [4.78, 5) is 6.70. The van der Waals surface area contributed by atoms with Crippen molar-refractivity contribution in [2.75, 3.05) is 40.5 Å². The van der Waals surface area contributed by atoms with E-state index in [1.165, 1.54) is 25.9 Å². The van der Waals surface area contributed by atoms with Crippen LogP contribution in [0.25, 0.3) is 0 Å². The van der Waals surface area contributed by atoms with Gasteiger partial charge in [0.25, 0.3) is 0 Å². The van der Waals surface area contributed by atoms with E-state index in [2.05, 4.69) is 27.6 Å². The Kier molecular flexibility index (Phi) is 7.41. The topological polar surface area (TPSA) is 58.1 Å². The van der Waals surface area contributed by atoms with Crippen LogP contribution in [0.3, 0.4) is 0 Å². The van der Waals surface area contributed by atoms with Crippen LogP contribution in [0.5, 0.6) is 11.5 Å². The Labute approximate surface area is 161 Å². The third-order valence-corrected chi connectivity index (χ3v) is 4.52. The normalized spacial score (nSPS) is 18.2. The van der Waals surface area contributed by atoms with E-state index in [1.807, 2.05) is 25.2 Å². The Balaban J connectivity index is 0.00000208. The van der Waals surface area contributed by atoms with Crippen molar-refractivity contribution < 1.29 is 9.47 Å². The molecule has 0 aromatic heterocycles. The molecule has 1 saturated heterocycles. The zero-order chi connectivity index (χ0) is 16.1. The van der Waals surface area contributed by atoms with Crippen molar-refractivity contribution in [3.05, 3.63) is 23.8 Å². The number of fused-ring (bicyclic) bond motifs is 1. The molecule has 7 heteroatoms. The van der Waals surface area contributed by atoms with Gasteiger partial charge in [-0.15, -0.1) is 24.0 Å². The van der Waals surface area contributed by atoms with Crippen molar-refractivity contribution in [3.8, 4) is 11.5 Å². The summed E-state index contributed by atoms with van der Waals surface area (Å²) in [6.45, 7) is 4.38. The van der Waals surface area contributed by atoms with Crippen LogP contribution in [-0.2, 0) is 6.54 Å². The molecule has 6 nitrogen and oxygen atoms in total. The van der Waals surface area contributed by atoms with Gasteiger partial charge >= 0.3 is 0 Å². The number of nitrogens with zero attached hydrogens (tertiary/aromatic N) is 2. The largest absolute Gasteiger partial charge is 0.454 e. The third kappa shape index (κ3) is 5.14. The SMILES string of the molecule is CN=C(NCc1ccc2c(c1)OCO2)NCC1CCN(C)CC1.I. The Morgan fingerprint density at radius 1 is 1.21 bits per heavy atom. The van der Waals surface area contributed by atoms with Gasteiger partial charge < -0.3 is 25.0 Å². The number of guanidine groups is 1. The zero-order valence-corrected chi connectivity index (χ0v) is 16.7. The molecule has 2 N–H and O–H groups in total. The van der Waals surface area contributed by atoms with Gasteiger partial charge in [0.1, 0.15) is 0 Å². The number of ether oxygens (including phenoxy) is 2. The second-order valence-electron chi connectivity index (χ2n) is 6.24. The first-order chi connectivity index (χ1) is 11.2. The molecule has 1 aromatic rings. The van der Waals surface area contributed by atoms with E-state index in [4.69, 9.17) is 9.47 Å². The number of nitrogens with one attached hydrogen (secondary N) is 2. The quantitative estimate of drug-likeness (QED) is 0.421. The fourth-order valence-electron chi connectivity index (χ4n) is 2.96. The minimum absolute atomic E-state index is 0. The molecule has 0 spiro atoms. The maximum atomic E-state index is 5.41. The number of halogens is 1. The monoisotopic (exact) mass is 446 g/mol. The second kappa shape index (κ2) is 9.31. The number of hydrogen-bond acceptors (Lipinski definition) is 4. The minimum atomic E-state index is 0. The minimum Gasteiger partial charge on any atom is -0.454 e. The number of aliphatic imine (C=N–C) groups is 1. The van der Waals surface area contributed by atoms with Crippen LogP contribution < -0.4 is 20.1 Å². The molecule has 24 heavy (non-hydrogen) atoms. The van der Waals surface area contributed by atoms with E-state index in [0.29, 0.717) is 13.3 Å². The first-order valence-electron chi connectivity index (χ1n) is 8.26. The van der Waals surface area contributed by atoms with Gasteiger partial charge in [-0.25, -0.2) is 0 Å². The lowest BCUT2D eigenvalue weighted by Gasteiger charge is -2.29. The highest BCUT2D eigenvalue weighted by molar-refractivity contribution is 14.0. The molecule has 1 aromatic carbocycles. The molecule has 0 unspecified atom stereocenters. The average Bonchev–Trinajstić information content (AvgIpc) is 3.04. The van der Waals surface area contributed by atoms with E-state index in [0.717, 1.165) is 35.5 Å². The van der Waals surface area contributed by atoms with E-state index in [-0.39, 0.29) is 24.0 Å². The highest BCUT2D eigenvalue weighted by Gasteiger charge is 2.17. The highest BCUT2D eigenvalue weighted by atomic mass is 127. The molecule has 0 amide bonds. The third-order valence-electron chi connectivity index (χ3n) is 4.52. The summed E-state index contributed by atoms with van der Waals surface area (Å²) in [7, 11) is 4.00. The maximum absolute atomic E-state index is 5.41. The molecule has 2 aliphatic rings. The zero-order valence-electron chi connectivity index (χ0n) is 14.4. The van der Waals surface area contributed by atoms with Gasteiger partial charge in [0.05, 0.1) is 0 Å². The van der Waals surface area contributed by atoms with E-state index in [1.54, 1.807) is 0 Å². The van der Waals surface area contributed by atoms with Gasteiger partial charge in [0.2, 0.25) is 6.79 Å². The Morgan fingerprint density at radius 2 is 1.96 bits per heavy atom. The summed E-state index contributed by atoms with van der Waals surface area (Å²) in [5.74, 6) is 3.22. The summed E-state index contributed by atoms with van der Waals surface area (Å²) in [5, 5.41) is 6.80. The van der Waals surface area contributed by atoms with Crippen LogP contribution >= 0.6 is 24.0 Å². The molecule has 0 aliphatic carbocycles. The fraction of sp³-hybridized carbons (Fsp3) is 0.588. The van der Waals surface area contributed by atoms with Crippen molar-refractivity contribution in [3.63, 3.8) is 0 Å². The highest BCUT2D eigenvalue weighted by Crippen LogP contribution is 2.32. The van der Waals surface area contributed by atoms with Crippen LogP contribution in [0.15, 0.2) is 23.2 Å². The molecule has 3 rings (SSSR count). The maximum Gasteiger partial charge on any atom is 0.231 e. The standard InChI is InChI=1S/C17H26N4O2.HI/c1-18-17(19-10-13-5-7-21(2)8-6-13)20-11-14-3-4-15-16(9-14)23-12-22-15;/h3-4,9,13H,5-8,10-12H2,1-2H3,(H2,18,19,20);1H. The summed E-state index contributed by atoms with van der Waals surface area (Å²) in [6.07, 6.45) is 2.51. The molecule has 2 heterocycles. The lowest BCUT2D eigenvalue weighted by atomic mass is 9.97. The predicted octanol–water partition coefficient (Wildman–Crippen LogP) is 2.04. The van der Waals surface area contributed by atoms with Crippen LogP contribution in [0.2, 0.25) is 0 Å². The molecule has 0 bridgehead atoms. The fourth-order valence-corrected chi connectivity index (χ4v) is 2.96. The van der Waals surface area contributed by atoms with Gasteiger partial charge in [0, 0.05) is 20.1 Å². The summed E-state index contributed by atoms with van der Waals surface area (Å²) >= 11 is 0. The van der Waals surface area contributed by atoms with Gasteiger partial charge in [-0.05, 0) is 56.6 Å². The first-order valence-corrected chi connectivity index (χ1v) is 8.26. The Morgan fingerprint density at radius 3 is 2.71 bits per heavy atom. The van der Waals surface area contributed by atoms with Crippen molar-refractivity contribution in [1.82, 2.24) is 15.5 Å². The molecule has 0 saturated carbocycles. The summed E-state index contributed by atoms with van der Waals surface area (Å²) in [6, 6.07) is 6.01. The van der Waals surface area contributed by atoms with E-state index in [9.17, 15) is 0 Å². The van der Waals surface area contributed by atoms with Gasteiger partial charge in [-0.3, -0.25) is 4.99 Å². The predicted molar refractivity (Wildman–Crippen MR) is 106 cm³/mol. The van der Waals surface area contributed by atoms with E-state index < -0.39 is 0 Å². The van der Waals surface area contributed by atoms with Crippen molar-refractivity contribution in [1.29, 1.82) is 0 Å². The van der Waals surface area contributed by atoms with Crippen molar-refractivity contribution >= 4 is 29.9 Å². The lowest BCUT2D eigenvalue weighted by molar-refractivity contribution is 0.174. The van der Waals surface area contributed by atoms with E-state index >= 15 is 0 Å². The molecule has 1 fully saturated rings. The Hall–Kier alpha value is -1.22. The van der Waals surface area contributed by atoms with Crippen molar-refractivity contribution in [2.45, 2.75) is 19.4 Å². The van der Waals surface area contributed by atoms with Gasteiger partial charge in [-0.2, -0.15) is 0 Å². The smallest absolute Gasteiger partial charge is 0.231 e. The lowest BCUT2D eigenvalue weighted by Crippen LogP contribution is -2.41. The number of rotatable bonds is 4. The molecule has 2 aliphatic heterocycles. The van der Waals surface area contributed by atoms with Crippen LogP contribution in [-0.4, -0.2) is 51.4 Å². The van der Waals surface area contributed by atoms with Crippen LogP contribution in [0, 0.1) is 5.92 Å². The van der Waals surface area contributed by atoms with Gasteiger partial charge in [-0.1, -0.05) is 6.07 Å². The second-order valence-corrected chi connectivity index (χ2v) is 6.24. The molecular weight excluding hydrogens is 419 g/mol. The number of piperidine rings is 1. The summed E-state index contributed by atoms with van der Waals surface area (Å²) < 4.78 is 10.7. The number of benzene rings is 1. The molecule has 0 atom stereocenters. The first kappa shape index (κ1) is 19.1. The number of hydrogen-bond donors (Lipinski definition) is 2. The van der Waals surface area contributed by atoms with Gasteiger partial charge in [0.15, 0.2) is 17.5 Å². The van der Waals surface area contributed by atoms with Crippen molar-refractivity contribution in [2.24, 2.45) is 10.9 Å². The molecular formula is C17H27IN4O2. The van der Waals surface area contributed by atoms with Crippen LogP contribution in [0.1, 0.15) is 18.4 Å². The average molecular weight is 446 g/mol. The summed E-state index contributed by atoms with van der Waals surface area (Å²) in [5.41, 5.74) is 1.15. The Bertz CT molecular complexity index is 560. The van der Waals surface area contributed by atoms with Crippen LogP contribution in [0.4, 0.5) is 0 Å². The molecule has 0 radical (unpaired) electrons.